The summed E-state index contributed by atoms with van der Waals surface area (Å²) in [6.45, 7) is 14.0. The van der Waals surface area contributed by atoms with E-state index >= 15 is 0 Å². The first-order valence-corrected chi connectivity index (χ1v) is 8.85. The molecule has 0 saturated carbocycles. The van der Waals surface area contributed by atoms with Gasteiger partial charge in [0.25, 0.3) is 0 Å². The van der Waals surface area contributed by atoms with Crippen LogP contribution in [0.3, 0.4) is 0 Å². The molecule has 2 nitrogen and oxygen atoms in total. The molecule has 20 heavy (non-hydrogen) atoms. The molecule has 0 spiro atoms. The number of piperidine rings is 1. The molecule has 1 aliphatic heterocycles. The minimum Gasteiger partial charge on any atom is -0.312 e. The van der Waals surface area contributed by atoms with Crippen LogP contribution in [0.5, 0.6) is 0 Å². The molecule has 0 aromatic carbocycles. The Bertz CT molecular complexity index is 380. The van der Waals surface area contributed by atoms with Gasteiger partial charge in [0.15, 0.2) is 0 Å². The maximum absolute atomic E-state index is 3.80. The maximum atomic E-state index is 3.80. The molecule has 1 aromatic rings. The van der Waals surface area contributed by atoms with E-state index in [1.54, 1.807) is 4.88 Å². The highest BCUT2D eigenvalue weighted by atomic mass is 32.1. The maximum Gasteiger partial charge on any atom is 0.0201 e. The molecule has 3 heteroatoms. The summed E-state index contributed by atoms with van der Waals surface area (Å²) in [6, 6.07) is 5.14. The molecule has 0 amide bonds. The summed E-state index contributed by atoms with van der Waals surface area (Å²) in [7, 11) is 0. The van der Waals surface area contributed by atoms with Crippen molar-refractivity contribution in [2.24, 2.45) is 5.41 Å². The zero-order valence-electron chi connectivity index (χ0n) is 13.5. The summed E-state index contributed by atoms with van der Waals surface area (Å²) >= 11 is 1.92. The Morgan fingerprint density at radius 2 is 2.15 bits per heavy atom. The molecule has 0 aliphatic carbocycles. The van der Waals surface area contributed by atoms with Gasteiger partial charge in [0.05, 0.1) is 0 Å². The smallest absolute Gasteiger partial charge is 0.0201 e. The van der Waals surface area contributed by atoms with Crippen molar-refractivity contribution in [1.82, 2.24) is 10.2 Å². The SMILES string of the molecule is CCCN1CC(NCC(C)(C)C)CC(c2cccs2)C1. The third kappa shape index (κ3) is 4.87. The van der Waals surface area contributed by atoms with Crippen molar-refractivity contribution in [2.75, 3.05) is 26.2 Å². The summed E-state index contributed by atoms with van der Waals surface area (Å²) in [4.78, 5) is 4.21. The lowest BCUT2D eigenvalue weighted by Gasteiger charge is -2.39. The van der Waals surface area contributed by atoms with E-state index in [9.17, 15) is 0 Å². The van der Waals surface area contributed by atoms with Gasteiger partial charge in [0, 0.05) is 36.5 Å². The van der Waals surface area contributed by atoms with Crippen LogP contribution >= 0.6 is 11.3 Å². The fraction of sp³-hybridized carbons (Fsp3) is 0.765. The van der Waals surface area contributed by atoms with Gasteiger partial charge < -0.3 is 10.2 Å². The lowest BCUT2D eigenvalue weighted by molar-refractivity contribution is 0.165. The van der Waals surface area contributed by atoms with Gasteiger partial charge in [0.2, 0.25) is 0 Å². The number of nitrogens with zero attached hydrogens (tertiary/aromatic N) is 1. The average Bonchev–Trinajstić information content (AvgIpc) is 2.89. The van der Waals surface area contributed by atoms with E-state index < -0.39 is 0 Å². The standard InChI is InChI=1S/C17H30N2S/c1-5-8-19-11-14(16-7-6-9-20-16)10-15(12-19)18-13-17(2,3)4/h6-7,9,14-15,18H,5,8,10-13H2,1-4H3. The van der Waals surface area contributed by atoms with Crippen LogP contribution in [0.15, 0.2) is 17.5 Å². The summed E-state index contributed by atoms with van der Waals surface area (Å²) in [5.41, 5.74) is 0.367. The van der Waals surface area contributed by atoms with Gasteiger partial charge in [-0.3, -0.25) is 0 Å². The lowest BCUT2D eigenvalue weighted by Crippen LogP contribution is -2.50. The lowest BCUT2D eigenvalue weighted by atomic mass is 9.91. The molecule has 0 bridgehead atoms. The number of thiophene rings is 1. The molecule has 2 atom stereocenters. The molecule has 1 aromatic heterocycles. The van der Waals surface area contributed by atoms with E-state index in [1.807, 2.05) is 11.3 Å². The zero-order chi connectivity index (χ0) is 14.6. The second kappa shape index (κ2) is 7.06. The number of rotatable bonds is 5. The molecule has 1 saturated heterocycles. The Morgan fingerprint density at radius 1 is 1.35 bits per heavy atom. The van der Waals surface area contributed by atoms with Crippen LogP contribution in [0.4, 0.5) is 0 Å². The van der Waals surface area contributed by atoms with E-state index in [0.29, 0.717) is 17.4 Å². The topological polar surface area (TPSA) is 15.3 Å². The van der Waals surface area contributed by atoms with Crippen LogP contribution in [-0.2, 0) is 0 Å². The Hall–Kier alpha value is -0.380. The van der Waals surface area contributed by atoms with E-state index in [2.05, 4.69) is 55.4 Å². The minimum absolute atomic E-state index is 0.367. The highest BCUT2D eigenvalue weighted by Crippen LogP contribution is 2.30. The number of nitrogens with one attached hydrogen (secondary N) is 1. The molecule has 114 valence electrons. The molecule has 2 heterocycles. The third-order valence-corrected chi connectivity index (χ3v) is 4.97. The van der Waals surface area contributed by atoms with Crippen LogP contribution in [0.25, 0.3) is 0 Å². The van der Waals surface area contributed by atoms with Crippen molar-refractivity contribution in [2.45, 2.75) is 52.5 Å². The largest absolute Gasteiger partial charge is 0.312 e. The molecule has 1 fully saturated rings. The zero-order valence-corrected chi connectivity index (χ0v) is 14.3. The van der Waals surface area contributed by atoms with Gasteiger partial charge >= 0.3 is 0 Å². The quantitative estimate of drug-likeness (QED) is 0.884. The van der Waals surface area contributed by atoms with Crippen molar-refractivity contribution in [1.29, 1.82) is 0 Å². The predicted molar refractivity (Wildman–Crippen MR) is 89.7 cm³/mol. The number of hydrogen-bond acceptors (Lipinski definition) is 3. The highest BCUT2D eigenvalue weighted by molar-refractivity contribution is 7.10. The Morgan fingerprint density at radius 3 is 2.75 bits per heavy atom. The minimum atomic E-state index is 0.367. The Balaban J connectivity index is 1.97. The van der Waals surface area contributed by atoms with Gasteiger partial charge in [0.1, 0.15) is 0 Å². The molecule has 0 radical (unpaired) electrons. The van der Waals surface area contributed by atoms with Gasteiger partial charge in [-0.1, -0.05) is 33.8 Å². The molecule has 2 unspecified atom stereocenters. The Labute approximate surface area is 128 Å². The predicted octanol–water partition coefficient (Wildman–Crippen LogP) is 3.95. The van der Waals surface area contributed by atoms with E-state index in [1.165, 1.54) is 32.5 Å². The van der Waals surface area contributed by atoms with Crippen LogP contribution in [0.2, 0.25) is 0 Å². The van der Waals surface area contributed by atoms with Crippen LogP contribution < -0.4 is 5.32 Å². The fourth-order valence-corrected chi connectivity index (χ4v) is 3.85. The van der Waals surface area contributed by atoms with Crippen LogP contribution in [-0.4, -0.2) is 37.1 Å². The first-order chi connectivity index (χ1) is 9.48. The van der Waals surface area contributed by atoms with Gasteiger partial charge in [-0.2, -0.15) is 0 Å². The molecule has 1 N–H and O–H groups in total. The van der Waals surface area contributed by atoms with Gasteiger partial charge in [-0.25, -0.2) is 0 Å². The number of hydrogen-bond donors (Lipinski definition) is 1. The second-order valence-electron chi connectivity index (χ2n) is 7.35. The highest BCUT2D eigenvalue weighted by Gasteiger charge is 2.28. The van der Waals surface area contributed by atoms with E-state index in [0.717, 1.165) is 6.54 Å². The number of likely N-dealkylation sites (tertiary alicyclic amines) is 1. The molecule has 1 aliphatic rings. The van der Waals surface area contributed by atoms with Gasteiger partial charge in [-0.05, 0) is 36.2 Å². The average molecular weight is 295 g/mol. The summed E-state index contributed by atoms with van der Waals surface area (Å²) in [5, 5.41) is 6.02. The second-order valence-corrected chi connectivity index (χ2v) is 8.33. The van der Waals surface area contributed by atoms with Crippen LogP contribution in [0, 0.1) is 5.41 Å². The third-order valence-electron chi connectivity index (χ3n) is 3.93. The van der Waals surface area contributed by atoms with Crippen molar-refractivity contribution in [3.05, 3.63) is 22.4 Å². The molecule has 2 rings (SSSR count). The molecular formula is C17H30N2S. The Kier molecular flexibility index (Phi) is 5.65. The van der Waals surface area contributed by atoms with Crippen molar-refractivity contribution >= 4 is 11.3 Å². The van der Waals surface area contributed by atoms with Crippen LogP contribution in [0.1, 0.15) is 51.3 Å². The first kappa shape index (κ1) is 16.0. The summed E-state index contributed by atoms with van der Waals surface area (Å²) in [5.74, 6) is 0.716. The van der Waals surface area contributed by atoms with Crippen molar-refractivity contribution < 1.29 is 0 Å². The summed E-state index contributed by atoms with van der Waals surface area (Å²) in [6.07, 6.45) is 2.54. The first-order valence-electron chi connectivity index (χ1n) is 7.97. The molecular weight excluding hydrogens is 264 g/mol. The van der Waals surface area contributed by atoms with Crippen molar-refractivity contribution in [3.63, 3.8) is 0 Å². The van der Waals surface area contributed by atoms with Crippen molar-refractivity contribution in [3.8, 4) is 0 Å². The summed E-state index contributed by atoms with van der Waals surface area (Å²) < 4.78 is 0. The van der Waals surface area contributed by atoms with Gasteiger partial charge in [-0.15, -0.1) is 11.3 Å². The normalized spacial score (nSPS) is 25.0. The van der Waals surface area contributed by atoms with E-state index in [4.69, 9.17) is 0 Å². The fourth-order valence-electron chi connectivity index (χ4n) is 3.02. The monoisotopic (exact) mass is 294 g/mol. The van der Waals surface area contributed by atoms with E-state index in [-0.39, 0.29) is 0 Å².